The van der Waals surface area contributed by atoms with E-state index in [2.05, 4.69) is 17.4 Å². The Hall–Kier alpha value is -0.860. The topological polar surface area (TPSA) is 32.3 Å². The van der Waals surface area contributed by atoms with Crippen molar-refractivity contribution in [3.05, 3.63) is 35.4 Å². The Morgan fingerprint density at radius 3 is 3.07 bits per heavy atom. The molecule has 1 aromatic rings. The minimum atomic E-state index is -0.604. The van der Waals surface area contributed by atoms with Crippen molar-refractivity contribution in [1.82, 2.24) is 5.32 Å². The largest absolute Gasteiger partial charge is 0.384 e. The fraction of sp³-hybridized carbons (Fsp3) is 0.538. The first-order chi connectivity index (χ1) is 7.31. The minimum Gasteiger partial charge on any atom is -0.384 e. The van der Waals surface area contributed by atoms with Crippen LogP contribution in [0.1, 0.15) is 36.8 Å². The van der Waals surface area contributed by atoms with Gasteiger partial charge < -0.3 is 10.4 Å². The zero-order valence-electron chi connectivity index (χ0n) is 8.87. The van der Waals surface area contributed by atoms with Crippen LogP contribution in [0.5, 0.6) is 0 Å². The van der Waals surface area contributed by atoms with Crippen molar-refractivity contribution in [2.45, 2.75) is 43.9 Å². The van der Waals surface area contributed by atoms with Crippen LogP contribution in [0.3, 0.4) is 0 Å². The summed E-state index contributed by atoms with van der Waals surface area (Å²) in [4.78, 5) is 0. The standard InChI is InChI=1S/C13H17NO/c15-13-8-4-3-7-12(13)14-9-10-5-1-2-6-11(10)13/h1-2,5-6,12,14-15H,3-4,7-9H2. The highest BCUT2D eigenvalue weighted by Crippen LogP contribution is 2.41. The van der Waals surface area contributed by atoms with Gasteiger partial charge >= 0.3 is 0 Å². The van der Waals surface area contributed by atoms with E-state index in [4.69, 9.17) is 0 Å². The van der Waals surface area contributed by atoms with E-state index in [9.17, 15) is 5.11 Å². The van der Waals surface area contributed by atoms with E-state index < -0.39 is 5.60 Å². The maximum absolute atomic E-state index is 10.8. The van der Waals surface area contributed by atoms with Crippen molar-refractivity contribution in [2.24, 2.45) is 0 Å². The summed E-state index contributed by atoms with van der Waals surface area (Å²) >= 11 is 0. The van der Waals surface area contributed by atoms with Gasteiger partial charge in [0.2, 0.25) is 0 Å². The van der Waals surface area contributed by atoms with Gasteiger partial charge in [-0.1, -0.05) is 37.1 Å². The number of aliphatic hydroxyl groups is 1. The van der Waals surface area contributed by atoms with E-state index in [0.717, 1.165) is 31.4 Å². The van der Waals surface area contributed by atoms with Crippen LogP contribution in [0.25, 0.3) is 0 Å². The van der Waals surface area contributed by atoms with Gasteiger partial charge in [0.05, 0.1) is 0 Å². The van der Waals surface area contributed by atoms with Crippen LogP contribution in [-0.2, 0) is 12.1 Å². The number of benzene rings is 1. The maximum atomic E-state index is 10.8. The van der Waals surface area contributed by atoms with E-state index >= 15 is 0 Å². The summed E-state index contributed by atoms with van der Waals surface area (Å²) in [6, 6.07) is 8.56. The number of hydrogen-bond acceptors (Lipinski definition) is 2. The van der Waals surface area contributed by atoms with Crippen molar-refractivity contribution in [3.8, 4) is 0 Å². The lowest BCUT2D eigenvalue weighted by Gasteiger charge is -2.45. The van der Waals surface area contributed by atoms with Crippen LogP contribution in [0.2, 0.25) is 0 Å². The molecule has 2 N–H and O–H groups in total. The van der Waals surface area contributed by atoms with E-state index in [1.807, 2.05) is 12.1 Å². The summed E-state index contributed by atoms with van der Waals surface area (Å²) in [7, 11) is 0. The van der Waals surface area contributed by atoms with Crippen LogP contribution in [-0.4, -0.2) is 11.1 Å². The molecule has 2 aliphatic rings. The normalized spacial score (nSPS) is 34.3. The third-order valence-corrected chi connectivity index (χ3v) is 3.90. The molecule has 2 atom stereocenters. The van der Waals surface area contributed by atoms with Crippen molar-refractivity contribution in [3.63, 3.8) is 0 Å². The van der Waals surface area contributed by atoms with E-state index in [0.29, 0.717) is 0 Å². The first-order valence-electron chi connectivity index (χ1n) is 5.85. The first kappa shape index (κ1) is 9.37. The van der Waals surface area contributed by atoms with E-state index in [-0.39, 0.29) is 6.04 Å². The minimum absolute atomic E-state index is 0.265. The Bertz CT molecular complexity index is 377. The Balaban J connectivity index is 2.09. The second-order valence-electron chi connectivity index (χ2n) is 4.76. The van der Waals surface area contributed by atoms with Crippen molar-refractivity contribution in [2.75, 3.05) is 0 Å². The van der Waals surface area contributed by atoms with Gasteiger partial charge in [0.1, 0.15) is 5.60 Å². The molecule has 1 heterocycles. The van der Waals surface area contributed by atoms with Gasteiger partial charge in [-0.05, 0) is 24.0 Å². The molecule has 2 heteroatoms. The molecule has 0 saturated heterocycles. The quantitative estimate of drug-likeness (QED) is 0.675. The predicted molar refractivity (Wildman–Crippen MR) is 59.4 cm³/mol. The second-order valence-corrected chi connectivity index (χ2v) is 4.76. The summed E-state index contributed by atoms with van der Waals surface area (Å²) in [5.74, 6) is 0. The number of rotatable bonds is 0. The van der Waals surface area contributed by atoms with Gasteiger partial charge in [-0.25, -0.2) is 0 Å². The van der Waals surface area contributed by atoms with Gasteiger partial charge in [0.15, 0.2) is 0 Å². The lowest BCUT2D eigenvalue weighted by atomic mass is 9.72. The van der Waals surface area contributed by atoms with Crippen LogP contribution in [0.4, 0.5) is 0 Å². The molecule has 15 heavy (non-hydrogen) atoms. The summed E-state index contributed by atoms with van der Waals surface area (Å²) in [5, 5.41) is 14.2. The summed E-state index contributed by atoms with van der Waals surface area (Å²) in [6.45, 7) is 0.906. The third kappa shape index (κ3) is 1.32. The van der Waals surface area contributed by atoms with Gasteiger partial charge in [0.25, 0.3) is 0 Å². The lowest BCUT2D eigenvalue weighted by Crippen LogP contribution is -2.53. The molecular weight excluding hydrogens is 186 g/mol. The van der Waals surface area contributed by atoms with Gasteiger partial charge in [-0.15, -0.1) is 0 Å². The molecule has 1 aliphatic heterocycles. The highest BCUT2D eigenvalue weighted by atomic mass is 16.3. The summed E-state index contributed by atoms with van der Waals surface area (Å²) < 4.78 is 0. The molecule has 0 radical (unpaired) electrons. The number of fused-ring (bicyclic) bond motifs is 3. The second kappa shape index (κ2) is 3.32. The van der Waals surface area contributed by atoms with E-state index in [1.165, 1.54) is 12.0 Å². The van der Waals surface area contributed by atoms with Crippen molar-refractivity contribution in [1.29, 1.82) is 0 Å². The Morgan fingerprint density at radius 1 is 1.27 bits per heavy atom. The monoisotopic (exact) mass is 203 g/mol. The van der Waals surface area contributed by atoms with Crippen LogP contribution >= 0.6 is 0 Å². The maximum Gasteiger partial charge on any atom is 0.105 e. The molecule has 3 rings (SSSR count). The zero-order chi connectivity index (χ0) is 10.3. The highest BCUT2D eigenvalue weighted by molar-refractivity contribution is 5.36. The fourth-order valence-corrected chi connectivity index (χ4v) is 3.08. The van der Waals surface area contributed by atoms with Crippen molar-refractivity contribution < 1.29 is 5.11 Å². The van der Waals surface area contributed by atoms with Crippen LogP contribution < -0.4 is 5.32 Å². The summed E-state index contributed by atoms with van der Waals surface area (Å²) in [5.41, 5.74) is 1.82. The van der Waals surface area contributed by atoms with Crippen molar-refractivity contribution >= 4 is 0 Å². The average molecular weight is 203 g/mol. The molecule has 1 saturated carbocycles. The van der Waals surface area contributed by atoms with Gasteiger partial charge in [0, 0.05) is 12.6 Å². The SMILES string of the molecule is OC12CCCCC1NCc1ccccc12. The average Bonchev–Trinajstić information content (AvgIpc) is 2.29. The van der Waals surface area contributed by atoms with Gasteiger partial charge in [-0.2, -0.15) is 0 Å². The molecule has 0 spiro atoms. The number of nitrogens with one attached hydrogen (secondary N) is 1. The molecular formula is C13H17NO. The molecule has 2 unspecified atom stereocenters. The predicted octanol–water partition coefficient (Wildman–Crippen LogP) is 1.92. The fourth-order valence-electron chi connectivity index (χ4n) is 3.08. The molecule has 80 valence electrons. The molecule has 1 aliphatic carbocycles. The lowest BCUT2D eigenvalue weighted by molar-refractivity contribution is -0.0406. The summed E-state index contributed by atoms with van der Waals surface area (Å²) in [6.07, 6.45) is 4.39. The molecule has 0 amide bonds. The third-order valence-electron chi connectivity index (χ3n) is 3.90. The van der Waals surface area contributed by atoms with E-state index in [1.54, 1.807) is 0 Å². The number of hydrogen-bond donors (Lipinski definition) is 2. The van der Waals surface area contributed by atoms with Crippen LogP contribution in [0, 0.1) is 0 Å². The molecule has 0 bridgehead atoms. The molecule has 1 aromatic carbocycles. The Kier molecular flexibility index (Phi) is 2.08. The smallest absolute Gasteiger partial charge is 0.105 e. The molecule has 0 aromatic heterocycles. The first-order valence-corrected chi connectivity index (χ1v) is 5.85. The van der Waals surface area contributed by atoms with Gasteiger partial charge in [-0.3, -0.25) is 0 Å². The molecule has 2 nitrogen and oxygen atoms in total. The molecule has 1 fully saturated rings. The highest BCUT2D eigenvalue weighted by Gasteiger charge is 2.43. The Morgan fingerprint density at radius 2 is 2.13 bits per heavy atom. The Labute approximate surface area is 90.3 Å². The van der Waals surface area contributed by atoms with Crippen LogP contribution in [0.15, 0.2) is 24.3 Å². The zero-order valence-corrected chi connectivity index (χ0v) is 8.87.